The molecule has 0 radical (unpaired) electrons. The van der Waals surface area contributed by atoms with E-state index in [9.17, 15) is 9.59 Å². The van der Waals surface area contributed by atoms with Gasteiger partial charge in [0.15, 0.2) is 0 Å². The molecule has 1 unspecified atom stereocenters. The number of unbranched alkanes of at least 4 members (excludes halogenated alkanes) is 4. The third-order valence-corrected chi connectivity index (χ3v) is 3.90. The molecule has 0 spiro atoms. The van der Waals surface area contributed by atoms with Gasteiger partial charge in [0.05, 0.1) is 0 Å². The van der Waals surface area contributed by atoms with Crippen molar-refractivity contribution in [2.75, 3.05) is 0 Å². The second-order valence-electron chi connectivity index (χ2n) is 5.85. The largest absolute Gasteiger partial charge is 0.454 e. The molecule has 2 rings (SSSR count). The summed E-state index contributed by atoms with van der Waals surface area (Å²) in [7, 11) is 0. The monoisotopic (exact) mass is 316 g/mol. The maximum absolute atomic E-state index is 11.6. The molecule has 4 nitrogen and oxygen atoms in total. The van der Waals surface area contributed by atoms with E-state index in [2.05, 4.69) is 6.92 Å². The van der Waals surface area contributed by atoms with Crippen LogP contribution in [0, 0.1) is 0 Å². The van der Waals surface area contributed by atoms with Crippen LogP contribution < -0.4 is 4.74 Å². The lowest BCUT2D eigenvalue weighted by atomic mass is 9.97. The molecule has 0 saturated carbocycles. The average Bonchev–Trinajstić information content (AvgIpc) is 2.88. The van der Waals surface area contributed by atoms with E-state index in [0.29, 0.717) is 5.75 Å². The molecule has 23 heavy (non-hydrogen) atoms. The number of carbonyl (C=O) groups excluding carboxylic acids is 2. The molecule has 0 fully saturated rings. The SMILES string of the molecule is CCCCCCCC1OC(=O)C=C1c1ccc(OC(C)=O)cc1. The van der Waals surface area contributed by atoms with Crippen LogP contribution in [0.2, 0.25) is 0 Å². The summed E-state index contributed by atoms with van der Waals surface area (Å²) < 4.78 is 10.4. The first-order valence-corrected chi connectivity index (χ1v) is 8.31. The van der Waals surface area contributed by atoms with E-state index in [1.54, 1.807) is 18.2 Å². The summed E-state index contributed by atoms with van der Waals surface area (Å²) in [5, 5.41) is 0. The van der Waals surface area contributed by atoms with Crippen LogP contribution >= 0.6 is 0 Å². The van der Waals surface area contributed by atoms with Gasteiger partial charge in [0.25, 0.3) is 0 Å². The second kappa shape index (κ2) is 8.51. The highest BCUT2D eigenvalue weighted by Gasteiger charge is 2.26. The predicted octanol–water partition coefficient (Wildman–Crippen LogP) is 4.28. The highest BCUT2D eigenvalue weighted by Crippen LogP contribution is 2.30. The topological polar surface area (TPSA) is 52.6 Å². The van der Waals surface area contributed by atoms with Crippen LogP contribution in [0.3, 0.4) is 0 Å². The number of rotatable bonds is 8. The van der Waals surface area contributed by atoms with Gasteiger partial charge in [-0.3, -0.25) is 4.79 Å². The van der Waals surface area contributed by atoms with Crippen molar-refractivity contribution in [3.05, 3.63) is 35.9 Å². The number of carbonyl (C=O) groups is 2. The minimum atomic E-state index is -0.346. The fourth-order valence-corrected chi connectivity index (χ4v) is 2.76. The van der Waals surface area contributed by atoms with Crippen molar-refractivity contribution in [3.63, 3.8) is 0 Å². The van der Waals surface area contributed by atoms with Gasteiger partial charge < -0.3 is 9.47 Å². The predicted molar refractivity (Wildman–Crippen MR) is 89.0 cm³/mol. The van der Waals surface area contributed by atoms with Crippen LogP contribution in [-0.2, 0) is 14.3 Å². The van der Waals surface area contributed by atoms with E-state index in [-0.39, 0.29) is 18.0 Å². The molecule has 1 aliphatic rings. The minimum absolute atomic E-state index is 0.163. The lowest BCUT2D eigenvalue weighted by Gasteiger charge is -2.15. The number of benzene rings is 1. The maximum atomic E-state index is 11.6. The second-order valence-corrected chi connectivity index (χ2v) is 5.85. The summed E-state index contributed by atoms with van der Waals surface area (Å²) in [5.74, 6) is -0.118. The van der Waals surface area contributed by atoms with Gasteiger partial charge >= 0.3 is 11.9 Å². The molecule has 0 N–H and O–H groups in total. The zero-order valence-electron chi connectivity index (χ0n) is 13.8. The summed E-state index contributed by atoms with van der Waals surface area (Å²) in [5.41, 5.74) is 1.85. The van der Waals surface area contributed by atoms with Crippen LogP contribution in [0.25, 0.3) is 5.57 Å². The normalized spacial score (nSPS) is 16.9. The molecule has 0 saturated heterocycles. The third-order valence-electron chi connectivity index (χ3n) is 3.90. The Labute approximate surface area is 137 Å². The molecule has 4 heteroatoms. The highest BCUT2D eigenvalue weighted by molar-refractivity contribution is 5.97. The number of hydrogen-bond acceptors (Lipinski definition) is 4. The van der Waals surface area contributed by atoms with Gasteiger partial charge in [-0.2, -0.15) is 0 Å². The fourth-order valence-electron chi connectivity index (χ4n) is 2.76. The molecule has 1 aromatic rings. The van der Waals surface area contributed by atoms with E-state index >= 15 is 0 Å². The molecule has 1 aromatic carbocycles. The Kier molecular flexibility index (Phi) is 6.39. The molecule has 1 atom stereocenters. The van der Waals surface area contributed by atoms with Gasteiger partial charge in [0.1, 0.15) is 11.9 Å². The van der Waals surface area contributed by atoms with Crippen molar-refractivity contribution in [1.29, 1.82) is 0 Å². The van der Waals surface area contributed by atoms with E-state index in [1.165, 1.54) is 32.6 Å². The smallest absolute Gasteiger partial charge is 0.331 e. The van der Waals surface area contributed by atoms with Gasteiger partial charge in [-0.15, -0.1) is 0 Å². The Morgan fingerprint density at radius 3 is 2.48 bits per heavy atom. The van der Waals surface area contributed by atoms with Gasteiger partial charge in [-0.1, -0.05) is 44.7 Å². The van der Waals surface area contributed by atoms with Crippen molar-refractivity contribution >= 4 is 17.5 Å². The Bertz CT molecular complexity index is 572. The van der Waals surface area contributed by atoms with E-state index in [0.717, 1.165) is 24.0 Å². The molecule has 0 amide bonds. The number of cyclic esters (lactones) is 1. The zero-order valence-corrected chi connectivity index (χ0v) is 13.8. The Balaban J connectivity index is 1.96. The molecule has 0 aliphatic carbocycles. The molecule has 1 heterocycles. The van der Waals surface area contributed by atoms with Gasteiger partial charge in [-0.25, -0.2) is 4.79 Å². The van der Waals surface area contributed by atoms with Gasteiger partial charge in [0, 0.05) is 18.6 Å². The van der Waals surface area contributed by atoms with Crippen molar-refractivity contribution < 1.29 is 19.1 Å². The third kappa shape index (κ3) is 5.23. The molecule has 0 aromatic heterocycles. The van der Waals surface area contributed by atoms with E-state index < -0.39 is 0 Å². The number of esters is 2. The summed E-state index contributed by atoms with van der Waals surface area (Å²) in [6, 6.07) is 7.18. The Hall–Kier alpha value is -2.10. The summed E-state index contributed by atoms with van der Waals surface area (Å²) in [4.78, 5) is 22.6. The van der Waals surface area contributed by atoms with E-state index in [4.69, 9.17) is 9.47 Å². The highest BCUT2D eigenvalue weighted by atomic mass is 16.5. The number of ether oxygens (including phenoxy) is 2. The molecular formula is C19H24O4. The van der Waals surface area contributed by atoms with Gasteiger partial charge in [0.2, 0.25) is 0 Å². The Morgan fingerprint density at radius 2 is 1.83 bits per heavy atom. The fraction of sp³-hybridized carbons (Fsp3) is 0.474. The first-order chi connectivity index (χ1) is 11.1. The van der Waals surface area contributed by atoms with Crippen LogP contribution in [0.15, 0.2) is 30.3 Å². The van der Waals surface area contributed by atoms with Gasteiger partial charge in [-0.05, 0) is 30.5 Å². The van der Waals surface area contributed by atoms with Crippen molar-refractivity contribution in [2.24, 2.45) is 0 Å². The van der Waals surface area contributed by atoms with Crippen LogP contribution in [-0.4, -0.2) is 18.0 Å². The first-order valence-electron chi connectivity index (χ1n) is 8.31. The average molecular weight is 316 g/mol. The quantitative estimate of drug-likeness (QED) is 0.408. The standard InChI is InChI=1S/C19H24O4/c1-3-4-5-6-7-8-18-17(13-19(21)23-18)15-9-11-16(12-10-15)22-14(2)20/h9-13,18H,3-8H2,1-2H3. The maximum Gasteiger partial charge on any atom is 0.331 e. The Morgan fingerprint density at radius 1 is 1.13 bits per heavy atom. The van der Waals surface area contributed by atoms with Crippen LogP contribution in [0.1, 0.15) is 57.9 Å². The van der Waals surface area contributed by atoms with Crippen molar-refractivity contribution in [3.8, 4) is 5.75 Å². The molecule has 1 aliphatic heterocycles. The zero-order chi connectivity index (χ0) is 16.7. The summed E-state index contributed by atoms with van der Waals surface area (Å²) >= 11 is 0. The van der Waals surface area contributed by atoms with E-state index in [1.807, 2.05) is 12.1 Å². The van der Waals surface area contributed by atoms with Crippen molar-refractivity contribution in [2.45, 2.75) is 58.5 Å². The number of hydrogen-bond donors (Lipinski definition) is 0. The van der Waals surface area contributed by atoms with Crippen LogP contribution in [0.5, 0.6) is 5.75 Å². The van der Waals surface area contributed by atoms with Crippen LogP contribution in [0.4, 0.5) is 0 Å². The first kappa shape index (κ1) is 17.3. The minimum Gasteiger partial charge on any atom is -0.454 e. The summed E-state index contributed by atoms with van der Waals surface area (Å²) in [6.07, 6.45) is 8.19. The lowest BCUT2D eigenvalue weighted by Crippen LogP contribution is -2.11. The molecule has 124 valence electrons. The lowest BCUT2D eigenvalue weighted by molar-refractivity contribution is -0.138. The summed E-state index contributed by atoms with van der Waals surface area (Å²) in [6.45, 7) is 3.56. The molecule has 0 bridgehead atoms. The molecular weight excluding hydrogens is 292 g/mol. The van der Waals surface area contributed by atoms with Crippen molar-refractivity contribution in [1.82, 2.24) is 0 Å².